The fourth-order valence-corrected chi connectivity index (χ4v) is 3.78. The maximum atomic E-state index is 12.2. The van der Waals surface area contributed by atoms with Crippen LogP contribution in [0.15, 0.2) is 29.4 Å². The van der Waals surface area contributed by atoms with Gasteiger partial charge in [-0.05, 0) is 48.9 Å². The molecule has 1 aromatic carbocycles. The fraction of sp³-hybridized carbons (Fsp3) is 0.294. The van der Waals surface area contributed by atoms with E-state index in [1.165, 1.54) is 40.5 Å². The molecule has 1 heterocycles. The van der Waals surface area contributed by atoms with Crippen molar-refractivity contribution in [2.45, 2.75) is 26.2 Å². The molecule has 5 nitrogen and oxygen atoms in total. The topological polar surface area (TPSA) is 81.9 Å². The zero-order chi connectivity index (χ0) is 16.4. The third kappa shape index (κ3) is 3.37. The van der Waals surface area contributed by atoms with E-state index in [1.807, 2.05) is 6.07 Å². The second-order valence-corrected chi connectivity index (χ2v) is 6.96. The van der Waals surface area contributed by atoms with Crippen molar-refractivity contribution in [3.63, 3.8) is 0 Å². The van der Waals surface area contributed by atoms with Crippen molar-refractivity contribution in [3.05, 3.63) is 45.1 Å². The van der Waals surface area contributed by atoms with E-state index >= 15 is 0 Å². The molecule has 3 N–H and O–H groups in total. The van der Waals surface area contributed by atoms with Gasteiger partial charge < -0.3 is 10.2 Å². The molecule has 0 saturated heterocycles. The minimum absolute atomic E-state index is 0.222. The van der Waals surface area contributed by atoms with Gasteiger partial charge in [-0.1, -0.05) is 13.0 Å². The Balaban J connectivity index is 1.68. The van der Waals surface area contributed by atoms with Gasteiger partial charge >= 0.3 is 0 Å². The van der Waals surface area contributed by atoms with Crippen LogP contribution in [0.3, 0.4) is 0 Å². The van der Waals surface area contributed by atoms with Gasteiger partial charge in [0.2, 0.25) is 0 Å². The van der Waals surface area contributed by atoms with Crippen molar-refractivity contribution < 1.29 is 15.0 Å². The van der Waals surface area contributed by atoms with Crippen LogP contribution in [-0.4, -0.2) is 22.3 Å². The lowest BCUT2D eigenvalue weighted by molar-refractivity contribution is 0.0959. The highest BCUT2D eigenvalue weighted by Crippen LogP contribution is 2.32. The molecule has 0 unspecified atom stereocenters. The highest BCUT2D eigenvalue weighted by Gasteiger charge is 2.20. The highest BCUT2D eigenvalue weighted by molar-refractivity contribution is 7.14. The van der Waals surface area contributed by atoms with Crippen LogP contribution in [0, 0.1) is 5.92 Å². The van der Waals surface area contributed by atoms with E-state index in [0.717, 1.165) is 12.8 Å². The number of para-hydroxylation sites is 1. The van der Waals surface area contributed by atoms with E-state index in [4.69, 9.17) is 0 Å². The maximum Gasteiger partial charge on any atom is 0.281 e. The molecule has 1 aromatic heterocycles. The van der Waals surface area contributed by atoms with Gasteiger partial charge in [0, 0.05) is 10.4 Å². The van der Waals surface area contributed by atoms with E-state index in [-0.39, 0.29) is 17.4 Å². The van der Waals surface area contributed by atoms with Gasteiger partial charge in [-0.3, -0.25) is 4.79 Å². The first-order valence-corrected chi connectivity index (χ1v) is 8.32. The van der Waals surface area contributed by atoms with Gasteiger partial charge in [0.1, 0.15) is 0 Å². The number of fused-ring (bicyclic) bond motifs is 1. The zero-order valence-corrected chi connectivity index (χ0v) is 13.6. The second kappa shape index (κ2) is 6.42. The summed E-state index contributed by atoms with van der Waals surface area (Å²) in [5.74, 6) is -0.0703. The first-order chi connectivity index (χ1) is 11.0. The molecular formula is C17H18N2O3S. The number of carbonyl (C=O) groups is 1. The summed E-state index contributed by atoms with van der Waals surface area (Å²) in [6.45, 7) is 2.23. The first kappa shape index (κ1) is 15.6. The molecule has 1 aliphatic rings. The van der Waals surface area contributed by atoms with Crippen LogP contribution in [0.4, 0.5) is 0 Å². The van der Waals surface area contributed by atoms with Crippen LogP contribution in [0.2, 0.25) is 0 Å². The van der Waals surface area contributed by atoms with E-state index in [9.17, 15) is 15.0 Å². The van der Waals surface area contributed by atoms with Crippen LogP contribution < -0.4 is 5.43 Å². The lowest BCUT2D eigenvalue weighted by Crippen LogP contribution is -2.16. The average molecular weight is 330 g/mol. The summed E-state index contributed by atoms with van der Waals surface area (Å²) in [4.78, 5) is 14.1. The Morgan fingerprint density at radius 3 is 3.09 bits per heavy atom. The van der Waals surface area contributed by atoms with Crippen molar-refractivity contribution in [3.8, 4) is 11.5 Å². The van der Waals surface area contributed by atoms with Gasteiger partial charge in [-0.15, -0.1) is 11.3 Å². The average Bonchev–Trinajstić information content (AvgIpc) is 2.94. The number of rotatable bonds is 3. The molecule has 0 bridgehead atoms. The number of aromatic hydroxyl groups is 2. The Morgan fingerprint density at radius 1 is 1.43 bits per heavy atom. The van der Waals surface area contributed by atoms with E-state index < -0.39 is 0 Å². The fourth-order valence-electron chi connectivity index (χ4n) is 2.69. The Hall–Kier alpha value is -2.34. The Morgan fingerprint density at radius 2 is 2.26 bits per heavy atom. The lowest BCUT2D eigenvalue weighted by Gasteiger charge is -2.16. The summed E-state index contributed by atoms with van der Waals surface area (Å²) >= 11 is 1.52. The largest absolute Gasteiger partial charge is 0.504 e. The van der Waals surface area contributed by atoms with Gasteiger partial charge in [0.05, 0.1) is 11.1 Å². The standard InChI is InChI=1S/C17H18N2O3S/c1-10-5-6-14-12(7-10)8-15(23-14)17(22)19-18-9-11-3-2-4-13(20)16(11)21/h2-4,8-10,20-21H,5-7H2,1H3,(H,19,22)/t10-/m1/s1. The predicted molar refractivity (Wildman–Crippen MR) is 90.3 cm³/mol. The van der Waals surface area contributed by atoms with Gasteiger partial charge in [0.15, 0.2) is 11.5 Å². The van der Waals surface area contributed by atoms with Crippen LogP contribution >= 0.6 is 11.3 Å². The van der Waals surface area contributed by atoms with Crippen LogP contribution in [-0.2, 0) is 12.8 Å². The summed E-state index contributed by atoms with van der Waals surface area (Å²) in [6, 6.07) is 6.51. The van der Waals surface area contributed by atoms with Crippen LogP contribution in [0.5, 0.6) is 11.5 Å². The van der Waals surface area contributed by atoms with Crippen molar-refractivity contribution in [1.82, 2.24) is 5.43 Å². The summed E-state index contributed by atoms with van der Waals surface area (Å²) in [5, 5.41) is 22.9. The summed E-state index contributed by atoms with van der Waals surface area (Å²) < 4.78 is 0. The van der Waals surface area contributed by atoms with Crippen molar-refractivity contribution >= 4 is 23.5 Å². The minimum Gasteiger partial charge on any atom is -0.504 e. The zero-order valence-electron chi connectivity index (χ0n) is 12.7. The Kier molecular flexibility index (Phi) is 4.34. The highest BCUT2D eigenvalue weighted by atomic mass is 32.1. The number of aryl methyl sites for hydroxylation is 1. The van der Waals surface area contributed by atoms with Crippen LogP contribution in [0.25, 0.3) is 0 Å². The third-order valence-electron chi connectivity index (χ3n) is 3.97. The number of amides is 1. The predicted octanol–water partition coefficient (Wildman–Crippen LogP) is 3.05. The molecule has 1 atom stereocenters. The summed E-state index contributed by atoms with van der Waals surface area (Å²) in [5.41, 5.74) is 4.07. The summed E-state index contributed by atoms with van der Waals surface area (Å²) in [7, 11) is 0. The number of thiophene rings is 1. The van der Waals surface area contributed by atoms with E-state index in [0.29, 0.717) is 16.4 Å². The molecule has 23 heavy (non-hydrogen) atoms. The lowest BCUT2D eigenvalue weighted by atomic mass is 9.90. The minimum atomic E-state index is -0.258. The molecule has 0 aliphatic heterocycles. The molecule has 0 radical (unpaired) electrons. The van der Waals surface area contributed by atoms with Gasteiger partial charge in [-0.25, -0.2) is 5.43 Å². The monoisotopic (exact) mass is 330 g/mol. The quantitative estimate of drug-likeness (QED) is 0.459. The molecule has 1 aliphatic carbocycles. The molecule has 6 heteroatoms. The molecule has 3 rings (SSSR count). The summed E-state index contributed by atoms with van der Waals surface area (Å²) in [6.07, 6.45) is 4.54. The van der Waals surface area contributed by atoms with Crippen LogP contribution in [0.1, 0.15) is 39.0 Å². The number of nitrogens with zero attached hydrogens (tertiary/aromatic N) is 1. The Bertz CT molecular complexity index is 767. The maximum absolute atomic E-state index is 12.2. The third-order valence-corrected chi connectivity index (χ3v) is 5.20. The molecule has 1 amide bonds. The van der Waals surface area contributed by atoms with Crippen molar-refractivity contribution in [1.29, 1.82) is 0 Å². The number of carbonyl (C=O) groups excluding carboxylic acids is 1. The molecular weight excluding hydrogens is 312 g/mol. The number of phenolic OH excluding ortho intramolecular Hbond substituents is 2. The normalized spacial score (nSPS) is 17.2. The SMILES string of the molecule is C[C@@H]1CCc2sc(C(=O)NN=Cc3cccc(O)c3O)cc2C1. The number of phenols is 2. The van der Waals surface area contributed by atoms with E-state index in [2.05, 4.69) is 17.5 Å². The molecule has 0 fully saturated rings. The van der Waals surface area contributed by atoms with Crippen molar-refractivity contribution in [2.75, 3.05) is 0 Å². The van der Waals surface area contributed by atoms with Gasteiger partial charge in [0.25, 0.3) is 5.91 Å². The smallest absolute Gasteiger partial charge is 0.281 e. The second-order valence-electron chi connectivity index (χ2n) is 5.82. The number of nitrogens with one attached hydrogen (secondary N) is 1. The van der Waals surface area contributed by atoms with E-state index in [1.54, 1.807) is 12.1 Å². The number of hydrogen-bond donors (Lipinski definition) is 3. The number of hydrogen-bond acceptors (Lipinski definition) is 5. The first-order valence-electron chi connectivity index (χ1n) is 7.50. The molecule has 120 valence electrons. The molecule has 0 spiro atoms. The van der Waals surface area contributed by atoms with Crippen molar-refractivity contribution in [2.24, 2.45) is 11.0 Å². The van der Waals surface area contributed by atoms with Gasteiger partial charge in [-0.2, -0.15) is 5.10 Å². The Labute approximate surface area is 138 Å². The molecule has 2 aromatic rings. The number of benzene rings is 1. The number of hydrazone groups is 1. The molecule has 0 saturated carbocycles.